The fraction of sp³-hybridized carbons (Fsp3) is 0.312. The molecule has 5 aromatic rings. The molecule has 5 rings (SSSR count). The molecule has 0 fully saturated rings. The lowest BCUT2D eigenvalue weighted by atomic mass is 9.98. The zero-order valence-electron chi connectivity index (χ0n) is 23.4. The summed E-state index contributed by atoms with van der Waals surface area (Å²) in [6.45, 7) is 5.88. The monoisotopic (exact) mass is 524 g/mol. The van der Waals surface area contributed by atoms with Crippen molar-refractivity contribution in [1.82, 2.24) is 19.2 Å². The minimum atomic E-state index is -0.902. The number of para-hydroxylation sites is 1. The van der Waals surface area contributed by atoms with E-state index >= 15 is 0 Å². The SMILES string of the molecule is Cc1nn(C)c(C)c1-c1cccc2c(CCCOc3cccc4ccccc34)c(C(=O)O)n(CCN(C)C)c12. The number of carboxylic acid groups (broad SMARTS) is 1. The van der Waals surface area contributed by atoms with Crippen LogP contribution in [0.25, 0.3) is 32.8 Å². The summed E-state index contributed by atoms with van der Waals surface area (Å²) in [6.07, 6.45) is 1.30. The van der Waals surface area contributed by atoms with Gasteiger partial charge in [-0.2, -0.15) is 5.10 Å². The van der Waals surface area contributed by atoms with E-state index in [0.29, 0.717) is 31.7 Å². The first-order chi connectivity index (χ1) is 18.8. The lowest BCUT2D eigenvalue weighted by Crippen LogP contribution is -2.21. The van der Waals surface area contributed by atoms with E-state index in [2.05, 4.69) is 47.3 Å². The summed E-state index contributed by atoms with van der Waals surface area (Å²) in [5.74, 6) is -0.0507. The Morgan fingerprint density at radius 2 is 1.72 bits per heavy atom. The van der Waals surface area contributed by atoms with Crippen LogP contribution < -0.4 is 4.74 Å². The average molecular weight is 525 g/mol. The molecule has 0 atom stereocenters. The van der Waals surface area contributed by atoms with Crippen LogP contribution in [0.2, 0.25) is 0 Å². The van der Waals surface area contributed by atoms with E-state index in [1.165, 1.54) is 0 Å². The zero-order chi connectivity index (χ0) is 27.7. The molecule has 0 spiro atoms. The van der Waals surface area contributed by atoms with Crippen molar-refractivity contribution in [3.63, 3.8) is 0 Å². The molecular formula is C32H36N4O3. The number of hydrogen-bond donors (Lipinski definition) is 1. The van der Waals surface area contributed by atoms with Gasteiger partial charge in [-0.1, -0.05) is 54.6 Å². The highest BCUT2D eigenvalue weighted by atomic mass is 16.5. The highest BCUT2D eigenvalue weighted by molar-refractivity contribution is 6.04. The largest absolute Gasteiger partial charge is 0.493 e. The summed E-state index contributed by atoms with van der Waals surface area (Å²) in [6, 6.07) is 20.4. The van der Waals surface area contributed by atoms with Gasteiger partial charge in [-0.3, -0.25) is 4.68 Å². The zero-order valence-corrected chi connectivity index (χ0v) is 23.4. The number of aromatic carboxylic acids is 1. The van der Waals surface area contributed by atoms with Gasteiger partial charge in [0, 0.05) is 47.7 Å². The maximum atomic E-state index is 12.8. The van der Waals surface area contributed by atoms with Crippen molar-refractivity contribution in [3.05, 3.63) is 83.3 Å². The van der Waals surface area contributed by atoms with E-state index in [1.807, 2.05) is 67.6 Å². The van der Waals surface area contributed by atoms with Crippen molar-refractivity contribution in [2.45, 2.75) is 33.2 Å². The van der Waals surface area contributed by atoms with Gasteiger partial charge in [-0.05, 0) is 57.8 Å². The normalized spacial score (nSPS) is 11.6. The Morgan fingerprint density at radius 1 is 1.00 bits per heavy atom. The standard InChI is InChI=1S/C32H36N4O3/c1-21-29(22(2)35(5)33-21)27-15-9-14-25-26(31(32(37)38)36(30(25)27)19-18-34(3)4)16-10-20-39-28-17-8-12-23-11-6-7-13-24(23)28/h6-9,11-15,17H,10,16,18-20H2,1-5H3,(H,37,38). The molecular weight excluding hydrogens is 488 g/mol. The number of carboxylic acids is 1. The molecule has 2 aromatic heterocycles. The number of likely N-dealkylation sites (N-methyl/N-ethyl adjacent to an activating group) is 1. The minimum Gasteiger partial charge on any atom is -0.493 e. The molecule has 1 N–H and O–H groups in total. The van der Waals surface area contributed by atoms with Gasteiger partial charge in [0.05, 0.1) is 17.8 Å². The molecule has 202 valence electrons. The van der Waals surface area contributed by atoms with Gasteiger partial charge < -0.3 is 19.3 Å². The predicted octanol–water partition coefficient (Wildman–Crippen LogP) is 6.08. The Labute approximate surface area is 229 Å². The first-order valence-electron chi connectivity index (χ1n) is 13.4. The second-order valence-corrected chi connectivity index (χ2v) is 10.4. The molecule has 0 saturated carbocycles. The molecule has 3 aromatic carbocycles. The maximum absolute atomic E-state index is 12.8. The summed E-state index contributed by atoms with van der Waals surface area (Å²) < 4.78 is 10.1. The quantitative estimate of drug-likeness (QED) is 0.224. The van der Waals surface area contributed by atoms with Crippen molar-refractivity contribution in [3.8, 4) is 16.9 Å². The molecule has 0 unspecified atom stereocenters. The van der Waals surface area contributed by atoms with Gasteiger partial charge in [0.2, 0.25) is 0 Å². The van der Waals surface area contributed by atoms with Crippen LogP contribution in [0.5, 0.6) is 5.75 Å². The number of aryl methyl sites for hydroxylation is 3. The van der Waals surface area contributed by atoms with Crippen LogP contribution in [0.15, 0.2) is 60.7 Å². The first-order valence-corrected chi connectivity index (χ1v) is 13.4. The second kappa shape index (κ2) is 10.9. The summed E-state index contributed by atoms with van der Waals surface area (Å²) in [7, 11) is 5.96. The number of hydrogen-bond acceptors (Lipinski definition) is 4. The Hall–Kier alpha value is -4.10. The number of aromatic nitrogens is 3. The molecule has 0 radical (unpaired) electrons. The smallest absolute Gasteiger partial charge is 0.352 e. The molecule has 7 heteroatoms. The molecule has 0 bridgehead atoms. The summed E-state index contributed by atoms with van der Waals surface area (Å²) in [4.78, 5) is 14.8. The molecule has 0 saturated heterocycles. The topological polar surface area (TPSA) is 72.5 Å². The number of nitrogens with zero attached hydrogens (tertiary/aromatic N) is 4. The maximum Gasteiger partial charge on any atom is 0.352 e. The number of benzene rings is 3. The number of ether oxygens (including phenoxy) is 1. The Morgan fingerprint density at radius 3 is 2.44 bits per heavy atom. The van der Waals surface area contributed by atoms with E-state index in [9.17, 15) is 9.90 Å². The number of carbonyl (C=O) groups is 1. The molecule has 7 nitrogen and oxygen atoms in total. The average Bonchev–Trinajstić information content (AvgIpc) is 3.37. The molecule has 2 heterocycles. The third kappa shape index (κ3) is 5.02. The Kier molecular flexibility index (Phi) is 7.44. The lowest BCUT2D eigenvalue weighted by molar-refractivity contribution is 0.0683. The van der Waals surface area contributed by atoms with Crippen LogP contribution in [-0.2, 0) is 20.0 Å². The van der Waals surface area contributed by atoms with Crippen molar-refractivity contribution in [2.24, 2.45) is 7.05 Å². The van der Waals surface area contributed by atoms with E-state index < -0.39 is 5.97 Å². The number of fused-ring (bicyclic) bond motifs is 2. The highest BCUT2D eigenvalue weighted by Gasteiger charge is 2.26. The van der Waals surface area contributed by atoms with Crippen molar-refractivity contribution < 1.29 is 14.6 Å². The van der Waals surface area contributed by atoms with E-state index in [-0.39, 0.29) is 0 Å². The highest BCUT2D eigenvalue weighted by Crippen LogP contribution is 2.38. The third-order valence-corrected chi connectivity index (χ3v) is 7.52. The van der Waals surface area contributed by atoms with Crippen molar-refractivity contribution in [2.75, 3.05) is 27.2 Å². The Bertz CT molecular complexity index is 1660. The molecule has 0 amide bonds. The van der Waals surface area contributed by atoms with E-state index in [4.69, 9.17) is 4.74 Å². The number of rotatable bonds is 10. The van der Waals surface area contributed by atoms with Crippen LogP contribution in [0.1, 0.15) is 33.9 Å². The first kappa shape index (κ1) is 26.5. The Balaban J connectivity index is 1.54. The fourth-order valence-corrected chi connectivity index (χ4v) is 5.62. The van der Waals surface area contributed by atoms with Crippen LogP contribution >= 0.6 is 0 Å². The second-order valence-electron chi connectivity index (χ2n) is 10.4. The van der Waals surface area contributed by atoms with Gasteiger partial charge in [-0.25, -0.2) is 4.79 Å². The lowest BCUT2D eigenvalue weighted by Gasteiger charge is -2.15. The predicted molar refractivity (Wildman–Crippen MR) is 157 cm³/mol. The van der Waals surface area contributed by atoms with Crippen LogP contribution in [-0.4, -0.2) is 57.6 Å². The fourth-order valence-electron chi connectivity index (χ4n) is 5.62. The molecule has 0 aliphatic heterocycles. The molecule has 0 aliphatic rings. The van der Waals surface area contributed by atoms with Crippen LogP contribution in [0.4, 0.5) is 0 Å². The molecule has 39 heavy (non-hydrogen) atoms. The van der Waals surface area contributed by atoms with Crippen molar-refractivity contribution >= 4 is 27.6 Å². The van der Waals surface area contributed by atoms with E-state index in [1.54, 1.807) is 0 Å². The molecule has 0 aliphatic carbocycles. The van der Waals surface area contributed by atoms with E-state index in [0.717, 1.165) is 62.0 Å². The summed E-state index contributed by atoms with van der Waals surface area (Å²) >= 11 is 0. The van der Waals surface area contributed by atoms with Gasteiger partial charge >= 0.3 is 5.97 Å². The van der Waals surface area contributed by atoms with Crippen molar-refractivity contribution in [1.29, 1.82) is 0 Å². The van der Waals surface area contributed by atoms with Gasteiger partial charge in [0.1, 0.15) is 11.4 Å². The summed E-state index contributed by atoms with van der Waals surface area (Å²) in [5.41, 5.74) is 6.26. The van der Waals surface area contributed by atoms with Crippen LogP contribution in [0.3, 0.4) is 0 Å². The summed E-state index contributed by atoms with van der Waals surface area (Å²) in [5, 5.41) is 18.3. The minimum absolute atomic E-state index is 0.364. The van der Waals surface area contributed by atoms with Gasteiger partial charge in [-0.15, -0.1) is 0 Å². The third-order valence-electron chi connectivity index (χ3n) is 7.52. The van der Waals surface area contributed by atoms with Gasteiger partial charge in [0.15, 0.2) is 0 Å². The van der Waals surface area contributed by atoms with Gasteiger partial charge in [0.25, 0.3) is 0 Å². The van der Waals surface area contributed by atoms with Crippen LogP contribution in [0, 0.1) is 13.8 Å².